The number of carbonyl (C=O) groups excluding carboxylic acids is 1. The van der Waals surface area contributed by atoms with Crippen LogP contribution in [0.2, 0.25) is 0 Å². The van der Waals surface area contributed by atoms with Gasteiger partial charge >= 0.3 is 0 Å². The highest BCUT2D eigenvalue weighted by molar-refractivity contribution is 5.93. The lowest BCUT2D eigenvalue weighted by Crippen LogP contribution is -2.42. The van der Waals surface area contributed by atoms with Crippen LogP contribution in [0.15, 0.2) is 0 Å². The maximum Gasteiger partial charge on any atom is 0.170 e. The third-order valence-electron chi connectivity index (χ3n) is 0.786. The number of rotatable bonds is 2. The Labute approximate surface area is 49.0 Å². The molecule has 3 heteroatoms. The molecule has 0 saturated heterocycles. The molecule has 0 aromatic rings. The van der Waals surface area contributed by atoms with Crippen LogP contribution in [-0.2, 0) is 4.79 Å². The minimum atomic E-state index is -0.811. The van der Waals surface area contributed by atoms with Crippen LogP contribution in [0.4, 0.5) is 0 Å². The van der Waals surface area contributed by atoms with E-state index in [1.807, 2.05) is 0 Å². The summed E-state index contributed by atoms with van der Waals surface area (Å²) in [4.78, 5) is 10.5. The van der Waals surface area contributed by atoms with E-state index in [2.05, 4.69) is 0 Å². The Morgan fingerprint density at radius 2 is 2.00 bits per heavy atom. The zero-order valence-corrected chi connectivity index (χ0v) is 5.14. The van der Waals surface area contributed by atoms with E-state index >= 15 is 0 Å². The van der Waals surface area contributed by atoms with Gasteiger partial charge in [-0.05, 0) is 13.8 Å². The fourth-order valence-corrected chi connectivity index (χ4v) is 0.215. The lowest BCUT2D eigenvalue weighted by molar-refractivity contribution is -0.119. The minimum absolute atomic E-state index is 0.238. The third kappa shape index (κ3) is 2.04. The number of ketones is 1. The third-order valence-corrected chi connectivity index (χ3v) is 0.786. The average molecular weight is 115 g/mol. The zero-order chi connectivity index (χ0) is 6.78. The van der Waals surface area contributed by atoms with Crippen molar-refractivity contribution >= 4 is 5.78 Å². The second-order valence-electron chi connectivity index (χ2n) is 2.25. The number of carbonyl (C=O) groups is 1. The van der Waals surface area contributed by atoms with Gasteiger partial charge in [-0.25, -0.2) is 0 Å². The van der Waals surface area contributed by atoms with Gasteiger partial charge < -0.3 is 11.5 Å². The Morgan fingerprint density at radius 1 is 1.62 bits per heavy atom. The molecule has 0 bridgehead atoms. The Balaban J connectivity index is 3.82. The standard InChI is InChI=1S/C5H11N2O/c1-5(2,7)4(8)3-6/h3H,6-7H2,1-2H3. The maximum atomic E-state index is 10.5. The van der Waals surface area contributed by atoms with Gasteiger partial charge in [-0.3, -0.25) is 4.79 Å². The molecule has 0 aliphatic carbocycles. The molecule has 47 valence electrons. The second kappa shape index (κ2) is 2.24. The number of Topliss-reactive ketones (excluding diaryl/α,β-unsaturated/α-hetero) is 1. The first-order chi connectivity index (χ1) is 3.48. The van der Waals surface area contributed by atoms with Crippen molar-refractivity contribution in [1.82, 2.24) is 0 Å². The largest absolute Gasteiger partial charge is 0.320 e. The van der Waals surface area contributed by atoms with Gasteiger partial charge in [0.05, 0.1) is 12.1 Å². The zero-order valence-electron chi connectivity index (χ0n) is 5.14. The first kappa shape index (κ1) is 7.59. The molecule has 0 heterocycles. The van der Waals surface area contributed by atoms with Gasteiger partial charge in [0, 0.05) is 0 Å². The Kier molecular flexibility index (Phi) is 2.12. The van der Waals surface area contributed by atoms with Crippen LogP contribution in [0.1, 0.15) is 13.8 Å². The predicted octanol–water partition coefficient (Wildman–Crippen LogP) is -0.587. The molecule has 1 radical (unpaired) electrons. The smallest absolute Gasteiger partial charge is 0.170 e. The predicted molar refractivity (Wildman–Crippen MR) is 31.8 cm³/mol. The van der Waals surface area contributed by atoms with Crippen molar-refractivity contribution < 1.29 is 4.79 Å². The summed E-state index contributed by atoms with van der Waals surface area (Å²) >= 11 is 0. The van der Waals surface area contributed by atoms with E-state index < -0.39 is 5.54 Å². The topological polar surface area (TPSA) is 69.1 Å². The summed E-state index contributed by atoms with van der Waals surface area (Å²) in [6.45, 7) is 4.21. The average Bonchev–Trinajstić information content (AvgIpc) is 1.62. The molecular formula is C5H11N2O. The van der Waals surface area contributed by atoms with Crippen molar-refractivity contribution in [3.63, 3.8) is 0 Å². The molecule has 3 nitrogen and oxygen atoms in total. The van der Waals surface area contributed by atoms with Gasteiger partial charge in [-0.15, -0.1) is 0 Å². The highest BCUT2D eigenvalue weighted by Crippen LogP contribution is 1.97. The summed E-state index contributed by atoms with van der Waals surface area (Å²) in [7, 11) is 0. The molecule has 8 heavy (non-hydrogen) atoms. The minimum Gasteiger partial charge on any atom is -0.320 e. The van der Waals surface area contributed by atoms with Crippen molar-refractivity contribution in [3.05, 3.63) is 6.54 Å². The molecule has 0 aromatic heterocycles. The SMILES string of the molecule is CC(C)(N)C(=O)[CH]N. The van der Waals surface area contributed by atoms with Crippen LogP contribution in [0, 0.1) is 6.54 Å². The molecule has 0 aromatic carbocycles. The summed E-state index contributed by atoms with van der Waals surface area (Å²) < 4.78 is 0. The molecule has 0 fully saturated rings. The first-order valence-corrected chi connectivity index (χ1v) is 2.36. The normalized spacial score (nSPS) is 11.5. The van der Waals surface area contributed by atoms with Crippen molar-refractivity contribution in [1.29, 1.82) is 0 Å². The molecule has 4 N–H and O–H groups in total. The van der Waals surface area contributed by atoms with Gasteiger partial charge in [0.1, 0.15) is 0 Å². The van der Waals surface area contributed by atoms with Crippen LogP contribution >= 0.6 is 0 Å². The van der Waals surface area contributed by atoms with Crippen molar-refractivity contribution in [2.45, 2.75) is 19.4 Å². The monoisotopic (exact) mass is 115 g/mol. The summed E-state index contributed by atoms with van der Waals surface area (Å²) in [5.74, 6) is -0.238. The van der Waals surface area contributed by atoms with Gasteiger partial charge in [0.15, 0.2) is 5.78 Å². The molecule has 0 atom stereocenters. The van der Waals surface area contributed by atoms with Crippen molar-refractivity contribution in [2.75, 3.05) is 0 Å². The summed E-state index contributed by atoms with van der Waals surface area (Å²) in [5, 5.41) is 0. The van der Waals surface area contributed by atoms with E-state index in [0.717, 1.165) is 6.54 Å². The van der Waals surface area contributed by atoms with Crippen molar-refractivity contribution in [3.8, 4) is 0 Å². The highest BCUT2D eigenvalue weighted by atomic mass is 16.1. The summed E-state index contributed by atoms with van der Waals surface area (Å²) in [6, 6.07) is 0. The molecular weight excluding hydrogens is 104 g/mol. The Morgan fingerprint density at radius 3 is 2.00 bits per heavy atom. The fraction of sp³-hybridized carbons (Fsp3) is 0.600. The van der Waals surface area contributed by atoms with Crippen LogP contribution in [0.5, 0.6) is 0 Å². The van der Waals surface area contributed by atoms with Gasteiger partial charge in [-0.2, -0.15) is 0 Å². The lowest BCUT2D eigenvalue weighted by atomic mass is 10.0. The molecule has 0 aliphatic heterocycles. The van der Waals surface area contributed by atoms with E-state index in [1.165, 1.54) is 0 Å². The maximum absolute atomic E-state index is 10.5. The Hall–Kier alpha value is -0.410. The van der Waals surface area contributed by atoms with E-state index in [9.17, 15) is 4.79 Å². The Bertz CT molecular complexity index is 93.1. The number of hydrogen-bond acceptors (Lipinski definition) is 3. The molecule has 0 unspecified atom stereocenters. The van der Waals surface area contributed by atoms with Gasteiger partial charge in [0.25, 0.3) is 0 Å². The molecule has 0 rings (SSSR count). The van der Waals surface area contributed by atoms with Crippen LogP contribution in [-0.4, -0.2) is 11.3 Å². The summed E-state index contributed by atoms with van der Waals surface area (Å²) in [6.07, 6.45) is 0. The van der Waals surface area contributed by atoms with Crippen LogP contribution < -0.4 is 11.5 Å². The molecule has 0 saturated carbocycles. The quantitative estimate of drug-likeness (QED) is 0.505. The van der Waals surface area contributed by atoms with Crippen molar-refractivity contribution in [2.24, 2.45) is 11.5 Å². The molecule has 0 amide bonds. The van der Waals surface area contributed by atoms with E-state index in [-0.39, 0.29) is 5.78 Å². The lowest BCUT2D eigenvalue weighted by Gasteiger charge is -2.13. The van der Waals surface area contributed by atoms with Crippen LogP contribution in [0.3, 0.4) is 0 Å². The summed E-state index contributed by atoms with van der Waals surface area (Å²) in [5.41, 5.74) is 9.42. The number of hydrogen-bond donors (Lipinski definition) is 2. The van der Waals surface area contributed by atoms with Gasteiger partial charge in [0.2, 0.25) is 0 Å². The first-order valence-electron chi connectivity index (χ1n) is 2.36. The van der Waals surface area contributed by atoms with E-state index in [0.29, 0.717) is 0 Å². The highest BCUT2D eigenvalue weighted by Gasteiger charge is 2.19. The fourth-order valence-electron chi connectivity index (χ4n) is 0.215. The molecule has 0 spiro atoms. The number of nitrogens with two attached hydrogens (primary N) is 2. The molecule has 0 aliphatic rings. The van der Waals surface area contributed by atoms with E-state index in [1.54, 1.807) is 13.8 Å². The van der Waals surface area contributed by atoms with Gasteiger partial charge in [-0.1, -0.05) is 0 Å². The second-order valence-corrected chi connectivity index (χ2v) is 2.25. The van der Waals surface area contributed by atoms with E-state index in [4.69, 9.17) is 11.5 Å². The van der Waals surface area contributed by atoms with Crippen LogP contribution in [0.25, 0.3) is 0 Å².